The molecule has 0 unspecified atom stereocenters. The van der Waals surface area contributed by atoms with Gasteiger partial charge in [0.05, 0.1) is 12.2 Å². The zero-order valence-electron chi connectivity index (χ0n) is 32.9. The third-order valence-electron chi connectivity index (χ3n) is 14.4. The molecular weight excluding hydrogens is 604 g/mol. The van der Waals surface area contributed by atoms with E-state index in [4.69, 9.17) is 4.74 Å². The first-order valence-corrected chi connectivity index (χ1v) is 21.4. The Bertz CT molecular complexity index is 1050. The van der Waals surface area contributed by atoms with E-state index in [2.05, 4.69) is 53.7 Å². The monoisotopic (exact) mass is 683 g/mol. The van der Waals surface area contributed by atoms with Crippen molar-refractivity contribution in [1.29, 1.82) is 0 Å². The molecule has 0 heterocycles. The molecule has 4 heteroatoms. The number of aliphatic hydroxyl groups is 2. The van der Waals surface area contributed by atoms with E-state index in [0.717, 1.165) is 86.9 Å². The smallest absolute Gasteiger partial charge is 0.306 e. The van der Waals surface area contributed by atoms with E-state index < -0.39 is 12.2 Å². The lowest BCUT2D eigenvalue weighted by molar-refractivity contribution is -0.151. The van der Waals surface area contributed by atoms with E-state index in [1.807, 2.05) is 6.08 Å². The van der Waals surface area contributed by atoms with Crippen molar-refractivity contribution in [2.24, 2.45) is 46.3 Å². The molecule has 0 aromatic rings. The van der Waals surface area contributed by atoms with Crippen LogP contribution in [-0.2, 0) is 9.53 Å². The number of hydrogen-bond donors (Lipinski definition) is 2. The minimum atomic E-state index is -0.669. The normalized spacial score (nSPS) is 33.1. The number of rotatable bonds is 21. The lowest BCUT2D eigenvalue weighted by Gasteiger charge is -2.58. The Morgan fingerprint density at radius 3 is 2.41 bits per heavy atom. The highest BCUT2D eigenvalue weighted by Gasteiger charge is 2.59. The van der Waals surface area contributed by atoms with Crippen LogP contribution in [0.2, 0.25) is 0 Å². The molecule has 4 nitrogen and oxygen atoms in total. The topological polar surface area (TPSA) is 66.8 Å². The second kappa shape index (κ2) is 19.6. The number of esters is 1. The predicted octanol–water partition coefficient (Wildman–Crippen LogP) is 11.9. The maximum atomic E-state index is 12.8. The predicted molar refractivity (Wildman–Crippen MR) is 205 cm³/mol. The van der Waals surface area contributed by atoms with Crippen LogP contribution in [0.1, 0.15) is 189 Å². The first kappa shape index (κ1) is 40.6. The van der Waals surface area contributed by atoms with Gasteiger partial charge in [-0.2, -0.15) is 0 Å². The third-order valence-corrected chi connectivity index (χ3v) is 14.4. The van der Waals surface area contributed by atoms with Crippen LogP contribution < -0.4 is 0 Å². The summed E-state index contributed by atoms with van der Waals surface area (Å²) in [6.07, 6.45) is 31.1. The summed E-state index contributed by atoms with van der Waals surface area (Å²) in [4.78, 5) is 12.8. The Labute approximate surface area is 302 Å². The highest BCUT2D eigenvalue weighted by Crippen LogP contribution is 2.67. The summed E-state index contributed by atoms with van der Waals surface area (Å²) in [7, 11) is 0. The molecule has 282 valence electrons. The fourth-order valence-electron chi connectivity index (χ4n) is 11.4. The number of carbonyl (C=O) groups is 1. The van der Waals surface area contributed by atoms with Crippen molar-refractivity contribution in [2.75, 3.05) is 0 Å². The second-order valence-electron chi connectivity index (χ2n) is 18.3. The zero-order chi connectivity index (χ0) is 35.4. The van der Waals surface area contributed by atoms with Gasteiger partial charge in [-0.05, 0) is 123 Å². The van der Waals surface area contributed by atoms with Gasteiger partial charge >= 0.3 is 5.97 Å². The number of aliphatic hydroxyl groups excluding tert-OH is 2. The lowest BCUT2D eigenvalue weighted by atomic mass is 9.47. The number of ether oxygens (including phenoxy) is 1. The van der Waals surface area contributed by atoms with Crippen LogP contribution in [0.3, 0.4) is 0 Å². The SMILES string of the molecule is CCCCC/C=C\C[C@@H](O)[C@H](O)CCCCCCCC(=O)O[C@H]1CC[C@@]2(C)C(=CC[C@H]3[C@@H]4CC[C@H]([C@H](C)CCCC(C)C)[C@@]4(C)CC[C@@H]32)C1. The summed E-state index contributed by atoms with van der Waals surface area (Å²) in [5.74, 6) is 5.11. The molecule has 0 aromatic carbocycles. The van der Waals surface area contributed by atoms with Gasteiger partial charge in [0.25, 0.3) is 0 Å². The van der Waals surface area contributed by atoms with Crippen LogP contribution in [0.4, 0.5) is 0 Å². The van der Waals surface area contributed by atoms with E-state index in [1.54, 1.807) is 5.57 Å². The van der Waals surface area contributed by atoms with Crippen molar-refractivity contribution >= 4 is 5.97 Å². The van der Waals surface area contributed by atoms with E-state index in [1.165, 1.54) is 77.0 Å². The van der Waals surface area contributed by atoms with Crippen LogP contribution in [0, 0.1) is 46.3 Å². The van der Waals surface area contributed by atoms with Crippen LogP contribution in [0.15, 0.2) is 23.8 Å². The number of unbranched alkanes of at least 4 members (excludes halogenated alkanes) is 7. The molecule has 0 aliphatic heterocycles. The molecule has 2 N–H and O–H groups in total. The van der Waals surface area contributed by atoms with Gasteiger partial charge in [-0.3, -0.25) is 4.79 Å². The van der Waals surface area contributed by atoms with Crippen LogP contribution >= 0.6 is 0 Å². The molecule has 0 amide bonds. The number of carbonyl (C=O) groups excluding carboxylic acids is 1. The Hall–Kier alpha value is -1.13. The minimum Gasteiger partial charge on any atom is -0.462 e. The highest BCUT2D eigenvalue weighted by atomic mass is 16.5. The zero-order valence-corrected chi connectivity index (χ0v) is 32.9. The van der Waals surface area contributed by atoms with Crippen molar-refractivity contribution in [1.82, 2.24) is 0 Å². The quantitative estimate of drug-likeness (QED) is 0.0718. The maximum Gasteiger partial charge on any atom is 0.306 e. The van der Waals surface area contributed by atoms with Gasteiger partial charge < -0.3 is 14.9 Å². The van der Waals surface area contributed by atoms with E-state index in [0.29, 0.717) is 30.1 Å². The minimum absolute atomic E-state index is 0.0165. The Morgan fingerprint density at radius 2 is 1.63 bits per heavy atom. The molecule has 4 aliphatic rings. The van der Waals surface area contributed by atoms with Gasteiger partial charge in [-0.1, -0.05) is 123 Å². The van der Waals surface area contributed by atoms with E-state index in [9.17, 15) is 15.0 Å². The van der Waals surface area contributed by atoms with Gasteiger partial charge in [-0.25, -0.2) is 0 Å². The van der Waals surface area contributed by atoms with Crippen molar-refractivity contribution < 1.29 is 19.7 Å². The first-order valence-electron chi connectivity index (χ1n) is 21.4. The van der Waals surface area contributed by atoms with Crippen LogP contribution in [0.5, 0.6) is 0 Å². The number of hydrogen-bond acceptors (Lipinski definition) is 4. The summed E-state index contributed by atoms with van der Waals surface area (Å²) >= 11 is 0. The largest absolute Gasteiger partial charge is 0.462 e. The van der Waals surface area contributed by atoms with Crippen molar-refractivity contribution in [3.05, 3.63) is 23.8 Å². The molecule has 10 atom stereocenters. The summed E-state index contributed by atoms with van der Waals surface area (Å²) in [6, 6.07) is 0. The average Bonchev–Trinajstić information content (AvgIpc) is 3.43. The maximum absolute atomic E-state index is 12.8. The molecule has 0 bridgehead atoms. The molecule has 0 saturated heterocycles. The first-order chi connectivity index (χ1) is 23.5. The van der Waals surface area contributed by atoms with Gasteiger partial charge in [0.1, 0.15) is 6.10 Å². The molecular formula is C45H78O4. The molecule has 0 radical (unpaired) electrons. The average molecular weight is 683 g/mol. The van der Waals surface area contributed by atoms with Crippen molar-refractivity contribution in [3.8, 4) is 0 Å². The van der Waals surface area contributed by atoms with E-state index >= 15 is 0 Å². The van der Waals surface area contributed by atoms with Crippen molar-refractivity contribution in [2.45, 2.75) is 208 Å². The molecule has 3 saturated carbocycles. The molecule has 49 heavy (non-hydrogen) atoms. The molecule has 3 fully saturated rings. The number of fused-ring (bicyclic) bond motifs is 5. The van der Waals surface area contributed by atoms with Gasteiger partial charge in [0.15, 0.2) is 0 Å². The fourth-order valence-corrected chi connectivity index (χ4v) is 11.4. The Kier molecular flexibility index (Phi) is 16.3. The molecule has 4 aliphatic carbocycles. The van der Waals surface area contributed by atoms with Crippen LogP contribution in [0.25, 0.3) is 0 Å². The van der Waals surface area contributed by atoms with Crippen molar-refractivity contribution in [3.63, 3.8) is 0 Å². The molecule has 0 aromatic heterocycles. The lowest BCUT2D eigenvalue weighted by Crippen LogP contribution is -2.51. The highest BCUT2D eigenvalue weighted by molar-refractivity contribution is 5.69. The standard InChI is InChI=1S/C45H78O4/c1-7-8-9-10-12-15-21-41(46)42(47)22-16-13-11-14-17-23-43(48)49-36-28-30-44(5)35(32-36)24-25-37-39-27-26-38(34(4)20-18-19-33(2)3)45(39,6)31-29-40(37)44/h12,15,24,33-34,36-42,46-47H,7-11,13-14,16-23,25-32H2,1-6H3/b15-12-/t34-,36+,37+,38-,39+,40+,41-,42-,44+,45-/m1/s1. The Balaban J connectivity index is 1.13. The summed E-state index contributed by atoms with van der Waals surface area (Å²) < 4.78 is 6.09. The summed E-state index contributed by atoms with van der Waals surface area (Å²) in [6.45, 7) is 14.8. The summed E-state index contributed by atoms with van der Waals surface area (Å²) in [5.41, 5.74) is 2.43. The second-order valence-corrected chi connectivity index (χ2v) is 18.3. The number of allylic oxidation sites excluding steroid dienone is 2. The van der Waals surface area contributed by atoms with Gasteiger partial charge in [0, 0.05) is 12.8 Å². The van der Waals surface area contributed by atoms with Gasteiger partial charge in [0.2, 0.25) is 0 Å². The fraction of sp³-hybridized carbons (Fsp3) is 0.889. The third kappa shape index (κ3) is 10.9. The van der Waals surface area contributed by atoms with E-state index in [-0.39, 0.29) is 12.1 Å². The summed E-state index contributed by atoms with van der Waals surface area (Å²) in [5, 5.41) is 20.5. The Morgan fingerprint density at radius 1 is 0.857 bits per heavy atom. The molecule has 4 rings (SSSR count). The van der Waals surface area contributed by atoms with Gasteiger partial charge in [-0.15, -0.1) is 0 Å². The van der Waals surface area contributed by atoms with Crippen LogP contribution in [-0.4, -0.2) is 34.5 Å². The molecule has 0 spiro atoms.